The van der Waals surface area contributed by atoms with E-state index in [-0.39, 0.29) is 27.5 Å². The molecule has 0 aliphatic carbocycles. The summed E-state index contributed by atoms with van der Waals surface area (Å²) >= 11 is 6.16. The fraction of sp³-hybridized carbons (Fsp3) is 0.167. The molecule has 0 saturated heterocycles. The van der Waals surface area contributed by atoms with Gasteiger partial charge in [-0.1, -0.05) is 23.7 Å². The molecule has 0 unspecified atom stereocenters. The first-order valence-corrected chi connectivity index (χ1v) is 7.75. The number of rotatable bonds is 4. The molecule has 8 heteroatoms. The second kappa shape index (κ2) is 8.35. The first-order chi connectivity index (χ1) is 12.5. The van der Waals surface area contributed by atoms with Crippen LogP contribution in [0.4, 0.5) is 5.69 Å². The molecule has 0 N–H and O–H groups in total. The number of hydrogen-bond acceptors (Lipinski definition) is 7. The Labute approximate surface area is 155 Å². The van der Waals surface area contributed by atoms with Crippen LogP contribution in [-0.2, 0) is 23.8 Å². The van der Waals surface area contributed by atoms with Crippen molar-refractivity contribution >= 4 is 35.2 Å². The van der Waals surface area contributed by atoms with Crippen molar-refractivity contribution in [2.45, 2.75) is 0 Å². The third kappa shape index (κ3) is 3.62. The zero-order chi connectivity index (χ0) is 19.3. The van der Waals surface area contributed by atoms with E-state index in [9.17, 15) is 14.4 Å². The zero-order valence-corrected chi connectivity index (χ0v) is 15.1. The molecule has 26 heavy (non-hydrogen) atoms. The highest BCUT2D eigenvalue weighted by Crippen LogP contribution is 2.33. The summed E-state index contributed by atoms with van der Waals surface area (Å²) in [6, 6.07) is 4.68. The van der Waals surface area contributed by atoms with Gasteiger partial charge in [-0.3, -0.25) is 0 Å². The summed E-state index contributed by atoms with van der Waals surface area (Å²) in [6.07, 6.45) is 6.05. The molecule has 1 heterocycles. The van der Waals surface area contributed by atoms with Crippen LogP contribution in [0, 0.1) is 0 Å². The number of halogens is 1. The topological polar surface area (TPSA) is 82.1 Å². The van der Waals surface area contributed by atoms with Gasteiger partial charge >= 0.3 is 17.9 Å². The van der Waals surface area contributed by atoms with Gasteiger partial charge in [0.25, 0.3) is 0 Å². The molecule has 0 fully saturated rings. The summed E-state index contributed by atoms with van der Waals surface area (Å²) in [7, 11) is 3.59. The molecule has 0 spiro atoms. The molecule has 2 rings (SSSR count). The summed E-state index contributed by atoms with van der Waals surface area (Å²) in [5.74, 6) is -2.23. The molecule has 7 nitrogen and oxygen atoms in total. The molecule has 1 aliphatic rings. The van der Waals surface area contributed by atoms with Gasteiger partial charge in [0.1, 0.15) is 11.3 Å². The van der Waals surface area contributed by atoms with Crippen molar-refractivity contribution in [3.8, 4) is 0 Å². The van der Waals surface area contributed by atoms with Crippen LogP contribution >= 0.6 is 11.6 Å². The number of carbonyl (C=O) groups excluding carboxylic acids is 3. The Morgan fingerprint density at radius 2 is 1.58 bits per heavy atom. The first-order valence-electron chi connectivity index (χ1n) is 7.38. The van der Waals surface area contributed by atoms with Gasteiger partial charge in [0, 0.05) is 6.20 Å². The maximum absolute atomic E-state index is 12.4. The lowest BCUT2D eigenvalue weighted by Gasteiger charge is -2.25. The fourth-order valence-electron chi connectivity index (χ4n) is 2.37. The molecule has 0 atom stereocenters. The number of carbonyl (C=O) groups is 3. The molecular weight excluding hydrogens is 362 g/mol. The van der Waals surface area contributed by atoms with Gasteiger partial charge in [-0.05, 0) is 24.3 Å². The molecule has 0 aromatic heterocycles. The van der Waals surface area contributed by atoms with Crippen LogP contribution in [0.1, 0.15) is 10.4 Å². The lowest BCUT2D eigenvalue weighted by molar-refractivity contribution is -0.139. The Morgan fingerprint density at radius 3 is 2.19 bits per heavy atom. The number of anilines is 1. The molecule has 0 saturated carbocycles. The summed E-state index contributed by atoms with van der Waals surface area (Å²) in [4.78, 5) is 38.1. The average Bonchev–Trinajstić information content (AvgIpc) is 2.88. The van der Waals surface area contributed by atoms with Crippen molar-refractivity contribution < 1.29 is 28.6 Å². The zero-order valence-electron chi connectivity index (χ0n) is 14.3. The van der Waals surface area contributed by atoms with E-state index in [0.717, 1.165) is 0 Å². The number of hydrogen-bond donors (Lipinski definition) is 0. The predicted molar refractivity (Wildman–Crippen MR) is 94.6 cm³/mol. The Bertz CT molecular complexity index is 840. The SMILES string of the molecule is COC(=O)C1=C(C(=O)OC)N(c2cccc(Cl)c2C(=O)OC)C=CC=C1. The third-order valence-electron chi connectivity index (χ3n) is 3.53. The molecule has 1 aromatic rings. The Hall–Kier alpha value is -3.06. The second-order valence-corrected chi connectivity index (χ2v) is 5.35. The van der Waals surface area contributed by atoms with Crippen LogP contribution in [0.3, 0.4) is 0 Å². The Kier molecular flexibility index (Phi) is 6.19. The quantitative estimate of drug-likeness (QED) is 0.589. The lowest BCUT2D eigenvalue weighted by atomic mass is 10.1. The fourth-order valence-corrected chi connectivity index (χ4v) is 2.62. The number of methoxy groups -OCH3 is 3. The van der Waals surface area contributed by atoms with Gasteiger partial charge in [-0.2, -0.15) is 0 Å². The minimum Gasteiger partial charge on any atom is -0.465 e. The largest absolute Gasteiger partial charge is 0.465 e. The van der Waals surface area contributed by atoms with Gasteiger partial charge in [-0.15, -0.1) is 0 Å². The van der Waals surface area contributed by atoms with Crippen LogP contribution < -0.4 is 4.90 Å². The van der Waals surface area contributed by atoms with E-state index >= 15 is 0 Å². The van der Waals surface area contributed by atoms with E-state index < -0.39 is 17.9 Å². The molecule has 1 aromatic carbocycles. The van der Waals surface area contributed by atoms with E-state index in [0.29, 0.717) is 0 Å². The van der Waals surface area contributed by atoms with Gasteiger partial charge in [0.2, 0.25) is 0 Å². The number of benzene rings is 1. The highest BCUT2D eigenvalue weighted by atomic mass is 35.5. The van der Waals surface area contributed by atoms with E-state index in [2.05, 4.69) is 0 Å². The molecule has 136 valence electrons. The van der Waals surface area contributed by atoms with Crippen molar-refractivity contribution in [3.05, 3.63) is 64.5 Å². The summed E-state index contributed by atoms with van der Waals surface area (Å²) in [5, 5.41) is 0.129. The van der Waals surface area contributed by atoms with Crippen LogP contribution in [0.2, 0.25) is 5.02 Å². The van der Waals surface area contributed by atoms with Crippen molar-refractivity contribution in [2.75, 3.05) is 26.2 Å². The van der Waals surface area contributed by atoms with E-state index in [1.165, 1.54) is 44.6 Å². The van der Waals surface area contributed by atoms with Gasteiger partial charge < -0.3 is 19.1 Å². The number of esters is 3. The van der Waals surface area contributed by atoms with Crippen molar-refractivity contribution in [1.29, 1.82) is 0 Å². The predicted octanol–water partition coefficient (Wildman–Crippen LogP) is 2.62. The van der Waals surface area contributed by atoms with Crippen molar-refractivity contribution in [1.82, 2.24) is 0 Å². The van der Waals surface area contributed by atoms with E-state index in [1.807, 2.05) is 0 Å². The number of nitrogens with zero attached hydrogens (tertiary/aromatic N) is 1. The van der Waals surface area contributed by atoms with Gasteiger partial charge in [0.05, 0.1) is 37.6 Å². The highest BCUT2D eigenvalue weighted by Gasteiger charge is 2.30. The van der Waals surface area contributed by atoms with Crippen LogP contribution in [-0.4, -0.2) is 39.2 Å². The lowest BCUT2D eigenvalue weighted by Crippen LogP contribution is -2.28. The van der Waals surface area contributed by atoms with Gasteiger partial charge in [0.15, 0.2) is 0 Å². The summed E-state index contributed by atoms with van der Waals surface area (Å²) in [6.45, 7) is 0. The van der Waals surface area contributed by atoms with E-state index in [1.54, 1.807) is 24.3 Å². The average molecular weight is 378 g/mol. The van der Waals surface area contributed by atoms with Crippen molar-refractivity contribution in [2.24, 2.45) is 0 Å². The summed E-state index contributed by atoms with van der Waals surface area (Å²) in [5.41, 5.74) is 0.108. The molecule has 0 bridgehead atoms. The van der Waals surface area contributed by atoms with Crippen LogP contribution in [0.15, 0.2) is 53.9 Å². The molecule has 1 aliphatic heterocycles. The Balaban J connectivity index is 2.78. The minimum atomic E-state index is -0.794. The second-order valence-electron chi connectivity index (χ2n) is 4.94. The highest BCUT2D eigenvalue weighted by molar-refractivity contribution is 6.34. The van der Waals surface area contributed by atoms with Crippen molar-refractivity contribution in [3.63, 3.8) is 0 Å². The summed E-state index contributed by atoms with van der Waals surface area (Å²) < 4.78 is 14.3. The molecular formula is C18H16ClNO6. The minimum absolute atomic E-state index is 0.0360. The third-order valence-corrected chi connectivity index (χ3v) is 3.84. The van der Waals surface area contributed by atoms with E-state index in [4.69, 9.17) is 25.8 Å². The normalized spacial score (nSPS) is 13.3. The first kappa shape index (κ1) is 19.3. The van der Waals surface area contributed by atoms with Crippen LogP contribution in [0.25, 0.3) is 0 Å². The monoisotopic (exact) mass is 377 g/mol. The number of ether oxygens (including phenoxy) is 3. The van der Waals surface area contributed by atoms with Crippen LogP contribution in [0.5, 0.6) is 0 Å². The maximum Gasteiger partial charge on any atom is 0.355 e. The number of allylic oxidation sites excluding steroid dienone is 2. The molecule has 0 radical (unpaired) electrons. The molecule has 0 amide bonds. The maximum atomic E-state index is 12.4. The Morgan fingerprint density at radius 1 is 0.923 bits per heavy atom. The smallest absolute Gasteiger partial charge is 0.355 e. The standard InChI is InChI=1S/C18H16ClNO6/c1-24-16(21)11-7-4-5-10-20(15(11)18(23)26-3)13-9-6-8-12(19)14(13)17(22)25-2/h4-10H,1-3H3. The van der Waals surface area contributed by atoms with Gasteiger partial charge in [-0.25, -0.2) is 14.4 Å².